The zero-order valence-electron chi connectivity index (χ0n) is 11.5. The first-order chi connectivity index (χ1) is 9.04. The Kier molecular flexibility index (Phi) is 4.80. The summed E-state index contributed by atoms with van der Waals surface area (Å²) in [7, 11) is 0. The average molecular weight is 302 g/mol. The molecule has 0 radical (unpaired) electrons. The van der Waals surface area contributed by atoms with Crippen molar-refractivity contribution in [2.24, 2.45) is 0 Å². The predicted octanol–water partition coefficient (Wildman–Crippen LogP) is 4.95. The molecule has 1 aliphatic rings. The second-order valence-electron chi connectivity index (χ2n) is 5.43. The van der Waals surface area contributed by atoms with Crippen molar-refractivity contribution in [3.63, 3.8) is 0 Å². The van der Waals surface area contributed by atoms with Crippen molar-refractivity contribution in [2.45, 2.75) is 51.5 Å². The summed E-state index contributed by atoms with van der Waals surface area (Å²) in [6, 6.07) is 1.75. The molecule has 1 aromatic heterocycles. The number of nitrogens with zero attached hydrogens (tertiary/aromatic N) is 1. The van der Waals surface area contributed by atoms with Crippen LogP contribution in [0.3, 0.4) is 0 Å². The molecular formula is C14H21Cl2N3. The molecule has 1 heterocycles. The highest BCUT2D eigenvalue weighted by Gasteiger charge is 2.27. The average Bonchev–Trinajstić information content (AvgIpc) is 2.36. The predicted molar refractivity (Wildman–Crippen MR) is 83.5 cm³/mol. The van der Waals surface area contributed by atoms with E-state index in [1.165, 1.54) is 19.3 Å². The lowest BCUT2D eigenvalue weighted by molar-refractivity contribution is 0.348. The van der Waals surface area contributed by atoms with Crippen LogP contribution in [0.5, 0.6) is 0 Å². The third kappa shape index (κ3) is 3.67. The monoisotopic (exact) mass is 301 g/mol. The quantitative estimate of drug-likeness (QED) is 0.826. The lowest BCUT2D eigenvalue weighted by Crippen LogP contribution is -2.37. The van der Waals surface area contributed by atoms with Gasteiger partial charge in [-0.05, 0) is 32.8 Å². The maximum absolute atomic E-state index is 6.25. The molecule has 3 nitrogen and oxygen atoms in total. The van der Waals surface area contributed by atoms with Crippen molar-refractivity contribution in [1.82, 2.24) is 4.98 Å². The summed E-state index contributed by atoms with van der Waals surface area (Å²) in [5, 5.41) is 7.80. The highest BCUT2D eigenvalue weighted by atomic mass is 35.5. The molecule has 0 saturated heterocycles. The first kappa shape index (κ1) is 14.7. The minimum atomic E-state index is 0.0895. The molecule has 0 atom stereocenters. The standard InChI is InChI=1S/C14H21Cl2N3/c1-3-17-12-10(15)9-11(16)13(18-12)19-14(2)7-5-4-6-8-14/h9H,3-8H2,1-2H3,(H2,17,18,19). The van der Waals surface area contributed by atoms with Gasteiger partial charge in [0.1, 0.15) is 11.6 Å². The smallest absolute Gasteiger partial charge is 0.147 e. The zero-order chi connectivity index (χ0) is 13.9. The van der Waals surface area contributed by atoms with E-state index in [-0.39, 0.29) is 5.54 Å². The van der Waals surface area contributed by atoms with Gasteiger partial charge in [0.25, 0.3) is 0 Å². The maximum atomic E-state index is 6.25. The molecule has 0 bridgehead atoms. The van der Waals surface area contributed by atoms with Gasteiger partial charge in [0.15, 0.2) is 0 Å². The van der Waals surface area contributed by atoms with Gasteiger partial charge < -0.3 is 10.6 Å². The highest BCUT2D eigenvalue weighted by molar-refractivity contribution is 6.37. The Morgan fingerprint density at radius 1 is 1.16 bits per heavy atom. The van der Waals surface area contributed by atoms with Gasteiger partial charge in [0.05, 0.1) is 10.0 Å². The molecule has 1 saturated carbocycles. The van der Waals surface area contributed by atoms with E-state index in [1.807, 2.05) is 6.92 Å². The molecule has 1 aromatic rings. The van der Waals surface area contributed by atoms with Crippen molar-refractivity contribution < 1.29 is 0 Å². The van der Waals surface area contributed by atoms with E-state index in [9.17, 15) is 0 Å². The van der Waals surface area contributed by atoms with Crippen LogP contribution in [0.25, 0.3) is 0 Å². The summed E-state index contributed by atoms with van der Waals surface area (Å²) in [5.41, 5.74) is 0.0895. The van der Waals surface area contributed by atoms with Crippen LogP contribution in [0, 0.1) is 0 Å². The van der Waals surface area contributed by atoms with Crippen LogP contribution in [0.1, 0.15) is 46.0 Å². The number of hydrogen-bond donors (Lipinski definition) is 2. The Labute approximate surface area is 125 Å². The number of anilines is 2. The third-order valence-electron chi connectivity index (χ3n) is 3.65. The van der Waals surface area contributed by atoms with E-state index in [2.05, 4.69) is 22.5 Å². The number of hydrogen-bond acceptors (Lipinski definition) is 3. The second-order valence-corrected chi connectivity index (χ2v) is 6.24. The molecule has 0 unspecified atom stereocenters. The van der Waals surface area contributed by atoms with Gasteiger partial charge >= 0.3 is 0 Å². The molecule has 0 spiro atoms. The summed E-state index contributed by atoms with van der Waals surface area (Å²) in [6.45, 7) is 5.04. The summed E-state index contributed by atoms with van der Waals surface area (Å²) in [6.07, 6.45) is 6.15. The van der Waals surface area contributed by atoms with Crippen molar-refractivity contribution >= 4 is 34.8 Å². The maximum Gasteiger partial charge on any atom is 0.147 e. The fourth-order valence-electron chi connectivity index (χ4n) is 2.59. The Morgan fingerprint density at radius 3 is 2.42 bits per heavy atom. The van der Waals surface area contributed by atoms with Gasteiger partial charge in [-0.1, -0.05) is 42.5 Å². The van der Waals surface area contributed by atoms with E-state index < -0.39 is 0 Å². The molecule has 0 aromatic carbocycles. The van der Waals surface area contributed by atoms with Crippen LogP contribution in [0.2, 0.25) is 10.0 Å². The number of halogens is 2. The third-order valence-corrected chi connectivity index (χ3v) is 4.23. The molecule has 19 heavy (non-hydrogen) atoms. The van der Waals surface area contributed by atoms with Crippen LogP contribution in [0.4, 0.5) is 11.6 Å². The van der Waals surface area contributed by atoms with E-state index in [0.717, 1.165) is 25.2 Å². The fraction of sp³-hybridized carbons (Fsp3) is 0.643. The Hall–Kier alpha value is -0.670. The van der Waals surface area contributed by atoms with Crippen LogP contribution in [-0.4, -0.2) is 17.1 Å². The first-order valence-electron chi connectivity index (χ1n) is 6.92. The zero-order valence-corrected chi connectivity index (χ0v) is 13.0. The molecule has 2 rings (SSSR count). The van der Waals surface area contributed by atoms with E-state index in [1.54, 1.807) is 6.07 Å². The van der Waals surface area contributed by atoms with Crippen molar-refractivity contribution in [3.8, 4) is 0 Å². The fourth-order valence-corrected chi connectivity index (χ4v) is 3.06. The number of rotatable bonds is 4. The van der Waals surface area contributed by atoms with Gasteiger partial charge in [0, 0.05) is 12.1 Å². The minimum Gasteiger partial charge on any atom is -0.369 e. The van der Waals surface area contributed by atoms with E-state index >= 15 is 0 Å². The lowest BCUT2D eigenvalue weighted by Gasteiger charge is -2.35. The van der Waals surface area contributed by atoms with Gasteiger partial charge in [-0.15, -0.1) is 0 Å². The summed E-state index contributed by atoms with van der Waals surface area (Å²) in [4.78, 5) is 4.51. The molecule has 0 amide bonds. The largest absolute Gasteiger partial charge is 0.369 e. The van der Waals surface area contributed by atoms with Crippen LogP contribution < -0.4 is 10.6 Å². The molecular weight excluding hydrogens is 281 g/mol. The summed E-state index contributed by atoms with van der Waals surface area (Å²) < 4.78 is 0. The second kappa shape index (κ2) is 6.19. The van der Waals surface area contributed by atoms with Crippen molar-refractivity contribution in [2.75, 3.05) is 17.2 Å². The molecule has 106 valence electrons. The van der Waals surface area contributed by atoms with Crippen molar-refractivity contribution in [1.29, 1.82) is 0 Å². The summed E-state index contributed by atoms with van der Waals surface area (Å²) >= 11 is 12.4. The van der Waals surface area contributed by atoms with Gasteiger partial charge in [-0.2, -0.15) is 0 Å². The molecule has 0 aliphatic heterocycles. The lowest BCUT2D eigenvalue weighted by atomic mass is 9.83. The Morgan fingerprint density at radius 2 is 1.79 bits per heavy atom. The topological polar surface area (TPSA) is 37.0 Å². The SMILES string of the molecule is CCNc1nc(NC2(C)CCCCC2)c(Cl)cc1Cl. The van der Waals surface area contributed by atoms with E-state index in [0.29, 0.717) is 15.9 Å². The van der Waals surface area contributed by atoms with Crippen LogP contribution in [0.15, 0.2) is 6.07 Å². The number of pyridine rings is 1. The first-order valence-corrected chi connectivity index (χ1v) is 7.68. The molecule has 1 fully saturated rings. The summed E-state index contributed by atoms with van der Waals surface area (Å²) in [5.74, 6) is 1.42. The van der Waals surface area contributed by atoms with Crippen molar-refractivity contribution in [3.05, 3.63) is 16.1 Å². The number of nitrogens with one attached hydrogen (secondary N) is 2. The highest BCUT2D eigenvalue weighted by Crippen LogP contribution is 2.35. The van der Waals surface area contributed by atoms with Crippen LogP contribution in [-0.2, 0) is 0 Å². The molecule has 2 N–H and O–H groups in total. The van der Waals surface area contributed by atoms with Gasteiger partial charge in [-0.3, -0.25) is 0 Å². The molecule has 5 heteroatoms. The minimum absolute atomic E-state index is 0.0895. The number of aromatic nitrogens is 1. The normalized spacial score (nSPS) is 18.1. The molecule has 1 aliphatic carbocycles. The van der Waals surface area contributed by atoms with Crippen LogP contribution >= 0.6 is 23.2 Å². The Bertz CT molecular complexity index is 443. The Balaban J connectivity index is 2.21. The van der Waals surface area contributed by atoms with Gasteiger partial charge in [0.2, 0.25) is 0 Å². The van der Waals surface area contributed by atoms with Gasteiger partial charge in [-0.25, -0.2) is 4.98 Å². The van der Waals surface area contributed by atoms with E-state index in [4.69, 9.17) is 23.2 Å².